The molecule has 4 nitrogen and oxygen atoms in total. The molecule has 0 heterocycles. The van der Waals surface area contributed by atoms with Crippen LogP contribution in [-0.2, 0) is 4.84 Å². The first kappa shape index (κ1) is 11.5. The van der Waals surface area contributed by atoms with E-state index >= 15 is 0 Å². The third-order valence-corrected chi connectivity index (χ3v) is 1.39. The van der Waals surface area contributed by atoms with E-state index in [0.717, 1.165) is 6.07 Å². The molecule has 1 N–H and O–H groups in total. The Labute approximate surface area is 90.7 Å². The van der Waals surface area contributed by atoms with Crippen LogP contribution in [0.1, 0.15) is 6.92 Å². The molecular weight excluding hydrogens is 223 g/mol. The topological polar surface area (TPSA) is 50.7 Å². The first-order chi connectivity index (χ1) is 7.08. The second-order valence-electron chi connectivity index (χ2n) is 2.60. The quantitative estimate of drug-likeness (QED) is 0.482. The first-order valence-electron chi connectivity index (χ1n) is 4.01. The van der Waals surface area contributed by atoms with E-state index in [1.807, 2.05) is 0 Å². The van der Waals surface area contributed by atoms with Crippen molar-refractivity contribution in [3.8, 4) is 0 Å². The molecule has 0 aliphatic carbocycles. The maximum Gasteiger partial charge on any atom is 0.437 e. The van der Waals surface area contributed by atoms with Crippen molar-refractivity contribution < 1.29 is 14.0 Å². The number of anilines is 1. The first-order valence-corrected chi connectivity index (χ1v) is 4.39. The van der Waals surface area contributed by atoms with Gasteiger partial charge in [-0.25, -0.2) is 9.18 Å². The zero-order chi connectivity index (χ0) is 11.3. The number of nitrogens with one attached hydrogen (secondary N) is 1. The Hall–Kier alpha value is -1.62. The van der Waals surface area contributed by atoms with Crippen molar-refractivity contribution in [2.45, 2.75) is 6.92 Å². The number of carbonyl (C=O) groups excluding carboxylic acids is 1. The minimum absolute atomic E-state index is 0.0874. The van der Waals surface area contributed by atoms with Gasteiger partial charge < -0.3 is 0 Å². The fourth-order valence-corrected chi connectivity index (χ4v) is 0.846. The van der Waals surface area contributed by atoms with E-state index in [1.165, 1.54) is 25.1 Å². The molecule has 1 aromatic rings. The molecule has 0 saturated carbocycles. The fourth-order valence-electron chi connectivity index (χ4n) is 0.811. The van der Waals surface area contributed by atoms with Crippen LogP contribution in [0.2, 0.25) is 0 Å². The van der Waals surface area contributed by atoms with Crippen molar-refractivity contribution in [3.05, 3.63) is 30.1 Å². The SMILES string of the molecule is C/C(Cl)=N/OC(=O)Nc1cccc(F)c1. The predicted octanol–water partition coefficient (Wildman–Crippen LogP) is 2.95. The number of hydrogen-bond donors (Lipinski definition) is 1. The Bertz CT molecular complexity index is 391. The summed E-state index contributed by atoms with van der Waals surface area (Å²) in [5.74, 6) is -0.454. The number of oxime groups is 1. The smallest absolute Gasteiger partial charge is 0.297 e. The molecule has 0 atom stereocenters. The summed E-state index contributed by atoms with van der Waals surface area (Å²) >= 11 is 5.34. The summed E-state index contributed by atoms with van der Waals surface area (Å²) in [6.45, 7) is 1.46. The van der Waals surface area contributed by atoms with Crippen molar-refractivity contribution in [3.63, 3.8) is 0 Å². The van der Waals surface area contributed by atoms with Crippen molar-refractivity contribution in [1.82, 2.24) is 0 Å². The molecule has 1 rings (SSSR count). The average molecular weight is 231 g/mol. The van der Waals surface area contributed by atoms with Gasteiger partial charge >= 0.3 is 6.09 Å². The third kappa shape index (κ3) is 4.42. The number of halogens is 2. The van der Waals surface area contributed by atoms with Crippen molar-refractivity contribution in [2.75, 3.05) is 5.32 Å². The van der Waals surface area contributed by atoms with Gasteiger partial charge in [0.15, 0.2) is 0 Å². The van der Waals surface area contributed by atoms with Crippen molar-refractivity contribution in [1.29, 1.82) is 0 Å². The maximum atomic E-state index is 12.7. The van der Waals surface area contributed by atoms with E-state index in [0.29, 0.717) is 0 Å². The van der Waals surface area contributed by atoms with Gasteiger partial charge in [0.05, 0.1) is 0 Å². The van der Waals surface area contributed by atoms with Gasteiger partial charge in [0.1, 0.15) is 11.0 Å². The molecule has 15 heavy (non-hydrogen) atoms. The van der Waals surface area contributed by atoms with Crippen LogP contribution in [0.25, 0.3) is 0 Å². The molecule has 1 amide bonds. The molecule has 0 aliphatic heterocycles. The number of hydrogen-bond acceptors (Lipinski definition) is 3. The summed E-state index contributed by atoms with van der Waals surface area (Å²) in [7, 11) is 0. The maximum absolute atomic E-state index is 12.7. The number of amides is 1. The van der Waals surface area contributed by atoms with Crippen molar-refractivity contribution in [2.24, 2.45) is 5.16 Å². The van der Waals surface area contributed by atoms with Gasteiger partial charge in [-0.05, 0) is 25.1 Å². The lowest BCUT2D eigenvalue weighted by Crippen LogP contribution is -2.11. The van der Waals surface area contributed by atoms with Crippen LogP contribution in [0.5, 0.6) is 0 Å². The van der Waals surface area contributed by atoms with E-state index in [4.69, 9.17) is 11.6 Å². The van der Waals surface area contributed by atoms with Crippen LogP contribution in [0, 0.1) is 5.82 Å². The molecule has 0 saturated heterocycles. The van der Waals surface area contributed by atoms with Crippen LogP contribution in [0.4, 0.5) is 14.9 Å². The fraction of sp³-hybridized carbons (Fsp3) is 0.111. The summed E-state index contributed by atoms with van der Waals surface area (Å²) in [5, 5.41) is 5.58. The lowest BCUT2D eigenvalue weighted by atomic mass is 10.3. The number of benzene rings is 1. The van der Waals surface area contributed by atoms with E-state index in [-0.39, 0.29) is 10.9 Å². The molecular formula is C9H8ClFN2O2. The Morgan fingerprint density at radius 2 is 2.33 bits per heavy atom. The molecule has 6 heteroatoms. The minimum Gasteiger partial charge on any atom is -0.297 e. The highest BCUT2D eigenvalue weighted by atomic mass is 35.5. The molecule has 0 bridgehead atoms. The average Bonchev–Trinajstić information content (AvgIpc) is 2.15. The van der Waals surface area contributed by atoms with Crippen LogP contribution >= 0.6 is 11.6 Å². The van der Waals surface area contributed by atoms with Gasteiger partial charge in [-0.1, -0.05) is 22.8 Å². The predicted molar refractivity (Wildman–Crippen MR) is 55.5 cm³/mol. The number of rotatable bonds is 2. The van der Waals surface area contributed by atoms with Gasteiger partial charge in [-0.3, -0.25) is 10.2 Å². The minimum atomic E-state index is -0.833. The Kier molecular flexibility index (Phi) is 4.05. The second-order valence-corrected chi connectivity index (χ2v) is 3.15. The molecule has 0 spiro atoms. The molecule has 80 valence electrons. The monoisotopic (exact) mass is 230 g/mol. The van der Waals surface area contributed by atoms with Gasteiger partial charge in [-0.15, -0.1) is 0 Å². The standard InChI is InChI=1S/C9H8ClFN2O2/c1-6(10)13-15-9(14)12-8-4-2-3-7(11)5-8/h2-5H,1H3,(H,12,14)/b13-6-. The zero-order valence-electron chi connectivity index (χ0n) is 7.83. The van der Waals surface area contributed by atoms with E-state index in [1.54, 1.807) is 0 Å². The largest absolute Gasteiger partial charge is 0.437 e. The molecule has 0 radical (unpaired) electrons. The van der Waals surface area contributed by atoms with Gasteiger partial charge in [0.2, 0.25) is 0 Å². The Morgan fingerprint density at radius 1 is 1.60 bits per heavy atom. The zero-order valence-corrected chi connectivity index (χ0v) is 8.58. The van der Waals surface area contributed by atoms with Gasteiger partial charge in [0, 0.05) is 5.69 Å². The summed E-state index contributed by atoms with van der Waals surface area (Å²) in [6.07, 6.45) is -0.833. The van der Waals surface area contributed by atoms with Crippen molar-refractivity contribution >= 4 is 28.6 Å². The highest BCUT2D eigenvalue weighted by Crippen LogP contribution is 2.09. The highest BCUT2D eigenvalue weighted by Gasteiger charge is 2.03. The Morgan fingerprint density at radius 3 is 2.93 bits per heavy atom. The van der Waals surface area contributed by atoms with Crippen LogP contribution < -0.4 is 5.32 Å². The summed E-state index contributed by atoms with van der Waals surface area (Å²) < 4.78 is 12.7. The van der Waals surface area contributed by atoms with Gasteiger partial charge in [-0.2, -0.15) is 0 Å². The lowest BCUT2D eigenvalue weighted by Gasteiger charge is -2.01. The van der Waals surface area contributed by atoms with Crippen LogP contribution in [0.3, 0.4) is 0 Å². The summed E-state index contributed by atoms with van der Waals surface area (Å²) in [4.78, 5) is 15.3. The molecule has 0 aromatic heterocycles. The Balaban J connectivity index is 2.55. The molecule has 0 unspecified atom stereocenters. The second kappa shape index (κ2) is 5.31. The van der Waals surface area contributed by atoms with E-state index in [2.05, 4.69) is 15.3 Å². The van der Waals surface area contributed by atoms with Crippen LogP contribution in [-0.4, -0.2) is 11.3 Å². The third-order valence-electron chi connectivity index (χ3n) is 1.33. The van der Waals surface area contributed by atoms with Gasteiger partial charge in [0.25, 0.3) is 0 Å². The van der Waals surface area contributed by atoms with E-state index < -0.39 is 11.9 Å². The highest BCUT2D eigenvalue weighted by molar-refractivity contribution is 6.64. The summed E-state index contributed by atoms with van der Waals surface area (Å²) in [5.41, 5.74) is 0.280. The number of nitrogens with zero attached hydrogens (tertiary/aromatic N) is 1. The summed E-state index contributed by atoms with van der Waals surface area (Å²) in [6, 6.07) is 5.39. The lowest BCUT2D eigenvalue weighted by molar-refractivity contribution is 0.167. The molecule has 0 aliphatic rings. The van der Waals surface area contributed by atoms with Crippen LogP contribution in [0.15, 0.2) is 29.4 Å². The molecule has 0 fully saturated rings. The molecule has 1 aromatic carbocycles. The normalized spacial score (nSPS) is 11.0. The number of carbonyl (C=O) groups is 1. The van der Waals surface area contributed by atoms with E-state index in [9.17, 15) is 9.18 Å².